The summed E-state index contributed by atoms with van der Waals surface area (Å²) in [5.74, 6) is -0.329. The van der Waals surface area contributed by atoms with Gasteiger partial charge in [0.1, 0.15) is 11.8 Å². The third-order valence-corrected chi connectivity index (χ3v) is 8.65. The number of ether oxygens (including phenoxy) is 2. The average Bonchev–Trinajstić information content (AvgIpc) is 2.97. The third kappa shape index (κ3) is 7.60. The topological polar surface area (TPSA) is 117 Å². The van der Waals surface area contributed by atoms with Crippen molar-refractivity contribution in [3.63, 3.8) is 0 Å². The van der Waals surface area contributed by atoms with Crippen LogP contribution in [0, 0.1) is 0 Å². The van der Waals surface area contributed by atoms with Crippen molar-refractivity contribution < 1.29 is 27.5 Å². The first-order valence-electron chi connectivity index (χ1n) is 13.7. The molecule has 1 saturated heterocycles. The van der Waals surface area contributed by atoms with Gasteiger partial charge in [0, 0.05) is 31.4 Å². The number of morpholine rings is 1. The zero-order chi connectivity index (χ0) is 30.7. The van der Waals surface area contributed by atoms with Crippen molar-refractivity contribution in [1.29, 1.82) is 0 Å². The molecule has 0 aromatic heterocycles. The van der Waals surface area contributed by atoms with Crippen LogP contribution >= 0.6 is 23.2 Å². The minimum absolute atomic E-state index is 0.222. The Balaban J connectivity index is 1.41. The Hall–Kier alpha value is -3.35. The molecule has 10 nitrogen and oxygen atoms in total. The van der Waals surface area contributed by atoms with Gasteiger partial charge in [-0.05, 0) is 47.9 Å². The molecule has 5 rings (SSSR count). The summed E-state index contributed by atoms with van der Waals surface area (Å²) in [6, 6.07) is 16.7. The number of nitrogens with one attached hydrogen (secondary N) is 2. The van der Waals surface area contributed by atoms with Crippen LogP contribution in [-0.2, 0) is 24.3 Å². The van der Waals surface area contributed by atoms with Crippen LogP contribution in [0.15, 0.2) is 60.7 Å². The van der Waals surface area contributed by atoms with E-state index in [1.165, 1.54) is 11.0 Å². The SMILES string of the molecule is CC(C(=O)NC(CN1CCOCC1)c1cccc(-c2ccc(NS(C)(=O)=O)cc2)c1)N1C(=O)COc2cc(Cl)c(Cl)cc21. The van der Waals surface area contributed by atoms with Crippen molar-refractivity contribution in [3.8, 4) is 16.9 Å². The van der Waals surface area contributed by atoms with E-state index in [0.29, 0.717) is 41.9 Å². The van der Waals surface area contributed by atoms with Crippen molar-refractivity contribution in [2.75, 3.05) is 55.3 Å². The van der Waals surface area contributed by atoms with Gasteiger partial charge < -0.3 is 14.8 Å². The second-order valence-electron chi connectivity index (χ2n) is 10.5. The molecule has 2 aliphatic rings. The van der Waals surface area contributed by atoms with E-state index in [1.54, 1.807) is 25.1 Å². The summed E-state index contributed by atoms with van der Waals surface area (Å²) in [7, 11) is -3.39. The molecule has 13 heteroatoms. The van der Waals surface area contributed by atoms with Gasteiger partial charge in [-0.3, -0.25) is 24.1 Å². The zero-order valence-electron chi connectivity index (χ0n) is 23.7. The molecule has 3 aromatic carbocycles. The molecule has 2 heterocycles. The number of amides is 2. The van der Waals surface area contributed by atoms with Crippen molar-refractivity contribution in [2.45, 2.75) is 19.0 Å². The van der Waals surface area contributed by atoms with E-state index in [0.717, 1.165) is 36.0 Å². The Labute approximate surface area is 260 Å². The van der Waals surface area contributed by atoms with Gasteiger partial charge in [0.05, 0.1) is 41.2 Å². The highest BCUT2D eigenvalue weighted by Crippen LogP contribution is 2.39. The molecule has 2 N–H and O–H groups in total. The van der Waals surface area contributed by atoms with Crippen LogP contribution in [0.3, 0.4) is 0 Å². The smallest absolute Gasteiger partial charge is 0.265 e. The number of sulfonamides is 1. The molecule has 0 bridgehead atoms. The molecule has 2 atom stereocenters. The van der Waals surface area contributed by atoms with E-state index < -0.39 is 22.1 Å². The molecule has 2 unspecified atom stereocenters. The van der Waals surface area contributed by atoms with Crippen molar-refractivity contribution in [3.05, 3.63) is 76.3 Å². The molecule has 1 fully saturated rings. The number of benzene rings is 3. The largest absolute Gasteiger partial charge is 0.482 e. The van der Waals surface area contributed by atoms with Gasteiger partial charge in [-0.2, -0.15) is 0 Å². The number of hydrogen-bond donors (Lipinski definition) is 2. The summed E-state index contributed by atoms with van der Waals surface area (Å²) in [5.41, 5.74) is 3.52. The minimum Gasteiger partial charge on any atom is -0.482 e. The molecule has 228 valence electrons. The summed E-state index contributed by atoms with van der Waals surface area (Å²) < 4.78 is 36.7. The Kier molecular flexibility index (Phi) is 9.48. The third-order valence-electron chi connectivity index (χ3n) is 7.32. The average molecular weight is 648 g/mol. The maximum Gasteiger partial charge on any atom is 0.265 e. The quantitative estimate of drug-likeness (QED) is 0.355. The van der Waals surface area contributed by atoms with Crippen LogP contribution in [0.4, 0.5) is 11.4 Å². The molecule has 0 saturated carbocycles. The number of carbonyl (C=O) groups excluding carboxylic acids is 2. The van der Waals surface area contributed by atoms with Gasteiger partial charge in [0.25, 0.3) is 5.91 Å². The highest BCUT2D eigenvalue weighted by molar-refractivity contribution is 7.92. The van der Waals surface area contributed by atoms with Gasteiger partial charge in [-0.15, -0.1) is 0 Å². The molecule has 3 aromatic rings. The summed E-state index contributed by atoms with van der Waals surface area (Å²) in [6.07, 6.45) is 1.10. The lowest BCUT2D eigenvalue weighted by Crippen LogP contribution is -2.53. The summed E-state index contributed by atoms with van der Waals surface area (Å²) >= 11 is 12.4. The zero-order valence-corrected chi connectivity index (χ0v) is 26.0. The Morgan fingerprint density at radius 3 is 2.40 bits per heavy atom. The molecular formula is C30H32Cl2N4O6S. The Morgan fingerprint density at radius 1 is 1.00 bits per heavy atom. The Morgan fingerprint density at radius 2 is 1.70 bits per heavy atom. The van der Waals surface area contributed by atoms with Gasteiger partial charge in [0.2, 0.25) is 15.9 Å². The van der Waals surface area contributed by atoms with E-state index in [4.69, 9.17) is 32.7 Å². The second-order valence-corrected chi connectivity index (χ2v) is 13.1. The van der Waals surface area contributed by atoms with Crippen LogP contribution in [-0.4, -0.2) is 76.9 Å². The fraction of sp³-hybridized carbons (Fsp3) is 0.333. The van der Waals surface area contributed by atoms with E-state index in [1.807, 2.05) is 36.4 Å². The standard InChI is InChI=1S/C30H32Cl2N4O6S/c1-19(36-27-15-24(31)25(32)16-28(27)42-18-29(36)37)30(38)33-26(17-35-10-12-41-13-11-35)22-5-3-4-21(14-22)20-6-8-23(9-7-20)34-43(2,39)40/h3-9,14-16,19,26,34H,10-13,17-18H2,1-2H3,(H,33,38). The maximum absolute atomic E-state index is 13.8. The van der Waals surface area contributed by atoms with E-state index >= 15 is 0 Å². The number of fused-ring (bicyclic) bond motifs is 1. The van der Waals surface area contributed by atoms with Crippen molar-refractivity contribution >= 4 is 56.4 Å². The van der Waals surface area contributed by atoms with Crippen LogP contribution in [0.2, 0.25) is 10.0 Å². The minimum atomic E-state index is -3.39. The molecule has 0 spiro atoms. The number of anilines is 2. The Bertz CT molecular complexity index is 1610. The number of hydrogen-bond acceptors (Lipinski definition) is 7. The highest BCUT2D eigenvalue weighted by Gasteiger charge is 2.35. The molecule has 2 aliphatic heterocycles. The van der Waals surface area contributed by atoms with Crippen molar-refractivity contribution in [2.24, 2.45) is 0 Å². The number of nitrogens with zero attached hydrogens (tertiary/aromatic N) is 2. The predicted molar refractivity (Wildman–Crippen MR) is 167 cm³/mol. The fourth-order valence-corrected chi connectivity index (χ4v) is 6.03. The summed E-state index contributed by atoms with van der Waals surface area (Å²) in [5, 5.41) is 3.72. The van der Waals surface area contributed by atoms with Gasteiger partial charge in [-0.25, -0.2) is 8.42 Å². The highest BCUT2D eigenvalue weighted by atomic mass is 35.5. The molecule has 0 radical (unpaired) electrons. The number of rotatable bonds is 9. The normalized spacial score (nSPS) is 17.0. The second kappa shape index (κ2) is 13.1. The van der Waals surface area contributed by atoms with Crippen LogP contribution in [0.5, 0.6) is 5.75 Å². The lowest BCUT2D eigenvalue weighted by molar-refractivity contribution is -0.128. The lowest BCUT2D eigenvalue weighted by atomic mass is 9.98. The van der Waals surface area contributed by atoms with E-state index in [9.17, 15) is 18.0 Å². The van der Waals surface area contributed by atoms with Crippen LogP contribution in [0.25, 0.3) is 11.1 Å². The van der Waals surface area contributed by atoms with Crippen LogP contribution in [0.1, 0.15) is 18.5 Å². The summed E-state index contributed by atoms with van der Waals surface area (Å²) in [4.78, 5) is 30.4. The number of halogens is 2. The maximum atomic E-state index is 13.8. The summed E-state index contributed by atoms with van der Waals surface area (Å²) in [6.45, 7) is 4.65. The lowest BCUT2D eigenvalue weighted by Gasteiger charge is -2.35. The van der Waals surface area contributed by atoms with E-state index in [2.05, 4.69) is 14.9 Å². The van der Waals surface area contributed by atoms with Crippen molar-refractivity contribution in [1.82, 2.24) is 10.2 Å². The van der Waals surface area contributed by atoms with Gasteiger partial charge in [-0.1, -0.05) is 53.5 Å². The first kappa shape index (κ1) is 31.1. The first-order chi connectivity index (χ1) is 20.5. The fourth-order valence-electron chi connectivity index (χ4n) is 5.16. The van der Waals surface area contributed by atoms with Gasteiger partial charge >= 0.3 is 0 Å². The monoisotopic (exact) mass is 646 g/mol. The van der Waals surface area contributed by atoms with Crippen LogP contribution < -0.4 is 19.7 Å². The molecule has 43 heavy (non-hydrogen) atoms. The molecule has 2 amide bonds. The first-order valence-corrected chi connectivity index (χ1v) is 16.4. The van der Waals surface area contributed by atoms with E-state index in [-0.39, 0.29) is 23.4 Å². The predicted octanol–water partition coefficient (Wildman–Crippen LogP) is 4.34. The van der Waals surface area contributed by atoms with Gasteiger partial charge in [0.15, 0.2) is 6.61 Å². The number of carbonyl (C=O) groups is 2. The molecular weight excluding hydrogens is 615 g/mol. The molecule has 0 aliphatic carbocycles.